The predicted molar refractivity (Wildman–Crippen MR) is 141 cm³/mol. The Morgan fingerprint density at radius 1 is 1.03 bits per heavy atom. The molecule has 38 heavy (non-hydrogen) atoms. The van der Waals surface area contributed by atoms with Gasteiger partial charge in [0.05, 0.1) is 12.1 Å². The number of nitrogens with two attached hydrogens (primary N) is 3. The number of rotatable bonds is 14. The molecule has 0 radical (unpaired) electrons. The van der Waals surface area contributed by atoms with Crippen LogP contribution in [0, 0.1) is 0 Å². The lowest BCUT2D eigenvalue weighted by molar-refractivity contribution is -0.142. The molecule has 0 aliphatic heterocycles. The van der Waals surface area contributed by atoms with Crippen LogP contribution in [0.25, 0.3) is 10.9 Å². The molecule has 2 rings (SSSR count). The molecule has 1 heterocycles. The van der Waals surface area contributed by atoms with Crippen LogP contribution in [0.4, 0.5) is 0 Å². The first-order chi connectivity index (χ1) is 17.9. The Bertz CT molecular complexity index is 1160. The van der Waals surface area contributed by atoms with Gasteiger partial charge in [0.1, 0.15) is 18.1 Å². The SMILES string of the molecule is CC(NC(=O)C(Cc1c[nH]c2ccccc12)NC(=O)C(NC(=O)C(N)CCCN=C(N)N)C(C)O)C(=O)O. The predicted octanol–water partition coefficient (Wildman–Crippen LogP) is -1.97. The average molecular weight is 533 g/mol. The molecule has 14 heteroatoms. The number of carboxylic acid groups (broad SMARTS) is 1. The summed E-state index contributed by atoms with van der Waals surface area (Å²) in [7, 11) is 0. The van der Waals surface area contributed by atoms with Crippen molar-refractivity contribution in [3.63, 3.8) is 0 Å². The first kappa shape index (κ1) is 30.1. The molecule has 0 saturated carbocycles. The minimum absolute atomic E-state index is 0.0126. The summed E-state index contributed by atoms with van der Waals surface area (Å²) in [6, 6.07) is 2.48. The van der Waals surface area contributed by atoms with Crippen LogP contribution < -0.4 is 33.2 Å². The molecule has 1 aromatic heterocycles. The highest BCUT2D eigenvalue weighted by Crippen LogP contribution is 2.19. The van der Waals surface area contributed by atoms with Crippen molar-refractivity contribution in [1.82, 2.24) is 20.9 Å². The lowest BCUT2D eigenvalue weighted by atomic mass is 10.0. The van der Waals surface area contributed by atoms with E-state index in [4.69, 9.17) is 17.2 Å². The normalized spacial score (nSPS) is 14.9. The lowest BCUT2D eigenvalue weighted by Gasteiger charge is -2.26. The standard InChI is InChI=1S/C24H36N8O6/c1-12(23(37)38)30-21(35)18(10-14-11-29-17-8-4-3-6-15(14)17)31-22(36)19(13(2)33)32-20(34)16(25)7-5-9-28-24(26)27/h3-4,6,8,11-13,16,18-19,29,33H,5,7,9-10,25H2,1-2H3,(H,30,35)(H,31,36)(H,32,34)(H,37,38)(H4,26,27,28). The van der Waals surface area contributed by atoms with Crippen LogP contribution in [0.3, 0.4) is 0 Å². The summed E-state index contributed by atoms with van der Waals surface area (Å²) in [5.41, 5.74) is 17.9. The fraction of sp³-hybridized carbons (Fsp3) is 0.458. The van der Waals surface area contributed by atoms with E-state index in [9.17, 15) is 29.4 Å². The first-order valence-electron chi connectivity index (χ1n) is 12.1. The van der Waals surface area contributed by atoms with Crippen LogP contribution in [-0.4, -0.2) is 81.7 Å². The number of hydrogen-bond donors (Lipinski definition) is 9. The van der Waals surface area contributed by atoms with Gasteiger partial charge in [-0.25, -0.2) is 0 Å². The van der Waals surface area contributed by atoms with Crippen LogP contribution >= 0.6 is 0 Å². The number of carbonyl (C=O) groups is 4. The number of aliphatic carboxylic acids is 1. The molecular formula is C24H36N8O6. The molecule has 3 amide bonds. The number of carbonyl (C=O) groups excluding carboxylic acids is 3. The van der Waals surface area contributed by atoms with Crippen molar-refractivity contribution in [3.8, 4) is 0 Å². The van der Waals surface area contributed by atoms with Gasteiger partial charge in [-0.05, 0) is 38.3 Å². The number of aliphatic hydroxyl groups is 1. The van der Waals surface area contributed by atoms with Crippen molar-refractivity contribution < 1.29 is 29.4 Å². The van der Waals surface area contributed by atoms with Crippen LogP contribution in [0.1, 0.15) is 32.3 Å². The van der Waals surface area contributed by atoms with E-state index in [1.54, 1.807) is 6.20 Å². The van der Waals surface area contributed by atoms with Crippen molar-refractivity contribution >= 4 is 40.6 Å². The Balaban J connectivity index is 2.17. The summed E-state index contributed by atoms with van der Waals surface area (Å²) in [6.07, 6.45) is 0.996. The summed E-state index contributed by atoms with van der Waals surface area (Å²) in [4.78, 5) is 56.8. The zero-order chi connectivity index (χ0) is 28.4. The van der Waals surface area contributed by atoms with Gasteiger partial charge < -0.3 is 48.3 Å². The maximum absolute atomic E-state index is 13.1. The number of benzene rings is 1. The summed E-state index contributed by atoms with van der Waals surface area (Å²) < 4.78 is 0. The number of fused-ring (bicyclic) bond motifs is 1. The molecule has 1 aromatic carbocycles. The number of amides is 3. The minimum atomic E-state index is -1.43. The zero-order valence-electron chi connectivity index (χ0n) is 21.3. The molecular weight excluding hydrogens is 496 g/mol. The Labute approximate surface area is 219 Å². The van der Waals surface area contributed by atoms with Gasteiger partial charge in [-0.15, -0.1) is 0 Å². The number of aliphatic imine (C=N–C) groups is 1. The largest absolute Gasteiger partial charge is 0.480 e. The number of aromatic nitrogens is 1. The van der Waals surface area contributed by atoms with E-state index in [0.717, 1.165) is 10.9 Å². The van der Waals surface area contributed by atoms with E-state index in [1.807, 2.05) is 24.3 Å². The van der Waals surface area contributed by atoms with Crippen LogP contribution in [0.15, 0.2) is 35.5 Å². The van der Waals surface area contributed by atoms with Gasteiger partial charge in [-0.2, -0.15) is 0 Å². The number of guanidine groups is 1. The second-order valence-electron chi connectivity index (χ2n) is 8.98. The van der Waals surface area contributed by atoms with Gasteiger partial charge in [-0.1, -0.05) is 18.2 Å². The van der Waals surface area contributed by atoms with Crippen molar-refractivity contribution in [2.24, 2.45) is 22.2 Å². The minimum Gasteiger partial charge on any atom is -0.480 e. The second-order valence-corrected chi connectivity index (χ2v) is 8.98. The third-order valence-electron chi connectivity index (χ3n) is 5.83. The molecule has 0 aliphatic carbocycles. The van der Waals surface area contributed by atoms with Gasteiger partial charge in [0.15, 0.2) is 5.96 Å². The molecule has 5 unspecified atom stereocenters. The molecule has 0 spiro atoms. The van der Waals surface area contributed by atoms with Crippen molar-refractivity contribution in [1.29, 1.82) is 0 Å². The van der Waals surface area contributed by atoms with Gasteiger partial charge in [-0.3, -0.25) is 24.2 Å². The first-order valence-corrected chi connectivity index (χ1v) is 12.1. The van der Waals surface area contributed by atoms with E-state index in [1.165, 1.54) is 13.8 Å². The lowest BCUT2D eigenvalue weighted by Crippen LogP contribution is -2.60. The Morgan fingerprint density at radius 2 is 1.71 bits per heavy atom. The Hall–Kier alpha value is -4.17. The number of aromatic amines is 1. The topological polar surface area (TPSA) is 251 Å². The molecule has 0 bridgehead atoms. The Kier molecular flexibility index (Phi) is 11.0. The number of H-pyrrole nitrogens is 1. The number of para-hydroxylation sites is 1. The third-order valence-corrected chi connectivity index (χ3v) is 5.83. The maximum Gasteiger partial charge on any atom is 0.325 e. The number of aliphatic hydroxyl groups excluding tert-OH is 1. The monoisotopic (exact) mass is 532 g/mol. The summed E-state index contributed by atoms with van der Waals surface area (Å²) in [5.74, 6) is -3.61. The van der Waals surface area contributed by atoms with Gasteiger partial charge in [0, 0.05) is 30.1 Å². The highest BCUT2D eigenvalue weighted by atomic mass is 16.4. The maximum atomic E-state index is 13.1. The second kappa shape index (κ2) is 13.9. The summed E-state index contributed by atoms with van der Waals surface area (Å²) in [6.45, 7) is 2.86. The Morgan fingerprint density at radius 3 is 2.34 bits per heavy atom. The zero-order valence-corrected chi connectivity index (χ0v) is 21.3. The van der Waals surface area contributed by atoms with Gasteiger partial charge in [0.25, 0.3) is 0 Å². The third kappa shape index (κ3) is 8.74. The number of carboxylic acids is 1. The average Bonchev–Trinajstić information content (AvgIpc) is 3.26. The fourth-order valence-electron chi connectivity index (χ4n) is 3.68. The van der Waals surface area contributed by atoms with Crippen LogP contribution in [0.2, 0.25) is 0 Å². The highest BCUT2D eigenvalue weighted by Gasteiger charge is 2.32. The van der Waals surface area contributed by atoms with Gasteiger partial charge >= 0.3 is 5.97 Å². The molecule has 0 fully saturated rings. The quantitative estimate of drug-likeness (QED) is 0.0742. The summed E-state index contributed by atoms with van der Waals surface area (Å²) in [5, 5.41) is 27.5. The van der Waals surface area contributed by atoms with Crippen LogP contribution in [0.5, 0.6) is 0 Å². The van der Waals surface area contributed by atoms with E-state index in [0.29, 0.717) is 12.0 Å². The van der Waals surface area contributed by atoms with E-state index >= 15 is 0 Å². The highest BCUT2D eigenvalue weighted by molar-refractivity contribution is 5.95. The van der Waals surface area contributed by atoms with E-state index < -0.39 is 54.0 Å². The van der Waals surface area contributed by atoms with Crippen LogP contribution in [-0.2, 0) is 25.6 Å². The van der Waals surface area contributed by atoms with E-state index in [2.05, 4.69) is 25.9 Å². The molecule has 14 nitrogen and oxygen atoms in total. The number of nitrogens with zero attached hydrogens (tertiary/aromatic N) is 1. The fourth-order valence-corrected chi connectivity index (χ4v) is 3.68. The summed E-state index contributed by atoms with van der Waals surface area (Å²) >= 11 is 0. The van der Waals surface area contributed by atoms with Crippen molar-refractivity contribution in [3.05, 3.63) is 36.0 Å². The molecule has 0 saturated heterocycles. The number of nitrogens with one attached hydrogen (secondary N) is 4. The molecule has 0 aliphatic rings. The molecule has 5 atom stereocenters. The molecule has 208 valence electrons. The van der Waals surface area contributed by atoms with Crippen molar-refractivity contribution in [2.45, 2.75) is 63.4 Å². The smallest absolute Gasteiger partial charge is 0.325 e. The van der Waals surface area contributed by atoms with E-state index in [-0.39, 0.29) is 25.3 Å². The molecule has 12 N–H and O–H groups in total. The van der Waals surface area contributed by atoms with Crippen molar-refractivity contribution in [2.75, 3.05) is 6.54 Å². The van der Waals surface area contributed by atoms with Gasteiger partial charge in [0.2, 0.25) is 17.7 Å². The number of hydrogen-bond acceptors (Lipinski definition) is 7. The molecule has 2 aromatic rings.